The molecule has 11 nitrogen and oxygen atoms in total. The average molecular weight is 624 g/mol. The third kappa shape index (κ3) is 5.77. The number of nitrogen functional groups attached to an aromatic ring is 1. The molecule has 4 heterocycles. The second-order valence-electron chi connectivity index (χ2n) is 10.9. The number of aromatic nitrogens is 4. The molecule has 0 unspecified atom stereocenters. The Balaban J connectivity index is 1.25. The van der Waals surface area contributed by atoms with Crippen LogP contribution in [-0.4, -0.2) is 50.9 Å². The lowest BCUT2D eigenvalue weighted by Gasteiger charge is -2.26. The number of hydrogen-bond donors (Lipinski definition) is 1. The van der Waals surface area contributed by atoms with E-state index in [0.717, 1.165) is 22.5 Å². The Bertz CT molecular complexity index is 2100. The maximum atomic E-state index is 13.0. The molecule has 0 fully saturated rings. The van der Waals surface area contributed by atoms with Crippen molar-refractivity contribution in [3.8, 4) is 22.8 Å². The van der Waals surface area contributed by atoms with Gasteiger partial charge in [-0.05, 0) is 54.6 Å². The van der Waals surface area contributed by atoms with Gasteiger partial charge >= 0.3 is 0 Å². The predicted octanol–water partition coefficient (Wildman–Crippen LogP) is 5.82. The number of carbonyl (C=O) groups is 2. The first-order valence-electron chi connectivity index (χ1n) is 14.8. The largest absolute Gasteiger partial charge is 0.497 e. The second kappa shape index (κ2) is 12.2. The fraction of sp³-hybridized carbons (Fsp3) is 0.111. The smallest absolute Gasteiger partial charge is 0.261 e. The lowest BCUT2D eigenvalue weighted by Crippen LogP contribution is -2.29. The Labute approximate surface area is 270 Å². The van der Waals surface area contributed by atoms with Crippen molar-refractivity contribution in [3.63, 3.8) is 0 Å². The zero-order valence-corrected chi connectivity index (χ0v) is 25.6. The van der Waals surface area contributed by atoms with E-state index in [-0.39, 0.29) is 18.4 Å². The van der Waals surface area contributed by atoms with Gasteiger partial charge < -0.3 is 20.1 Å². The number of rotatable bonds is 9. The summed E-state index contributed by atoms with van der Waals surface area (Å²) in [5, 5.41) is 0. The maximum absolute atomic E-state index is 13.0. The lowest BCUT2D eigenvalue weighted by molar-refractivity contribution is 0.0640. The third-order valence-electron chi connectivity index (χ3n) is 7.95. The first-order valence-corrected chi connectivity index (χ1v) is 14.8. The average Bonchev–Trinajstić information content (AvgIpc) is 3.35. The highest BCUT2D eigenvalue weighted by Gasteiger charge is 2.35. The molecule has 0 saturated carbocycles. The van der Waals surface area contributed by atoms with Gasteiger partial charge in [0, 0.05) is 41.3 Å². The van der Waals surface area contributed by atoms with E-state index >= 15 is 0 Å². The van der Waals surface area contributed by atoms with E-state index in [4.69, 9.17) is 25.2 Å². The third-order valence-corrected chi connectivity index (χ3v) is 7.95. The number of nitrogens with two attached hydrogens (primary N) is 1. The van der Waals surface area contributed by atoms with Crippen LogP contribution in [0.2, 0.25) is 0 Å². The predicted molar refractivity (Wildman–Crippen MR) is 177 cm³/mol. The maximum Gasteiger partial charge on any atom is 0.261 e. The van der Waals surface area contributed by atoms with Crippen LogP contribution < -0.4 is 20.1 Å². The van der Waals surface area contributed by atoms with Crippen LogP contribution in [0.1, 0.15) is 32.1 Å². The summed E-state index contributed by atoms with van der Waals surface area (Å²) in [7, 11) is 3.21. The molecule has 0 aliphatic carbocycles. The Kier molecular flexibility index (Phi) is 7.62. The minimum Gasteiger partial charge on any atom is -0.497 e. The standard InChI is InChI=1S/C36H29N7O4/c1-46-27-14-26(15-28(17-27)47-2)42(25-11-12-31-32(16-25)41-33(19-38-31)22-10-13-34(37)39-18-22)20-23-6-5-7-24(40-23)21-43-35(44)29-8-3-4-9-30(29)36(43)45/h3-19H,20-21H2,1-2H3,(H2,37,39). The number of imide groups is 1. The molecule has 0 saturated heterocycles. The van der Waals surface area contributed by atoms with Gasteiger partial charge in [0.15, 0.2) is 0 Å². The molecular formula is C36H29N7O4. The van der Waals surface area contributed by atoms with Crippen LogP contribution >= 0.6 is 0 Å². The molecule has 0 spiro atoms. The monoisotopic (exact) mass is 623 g/mol. The number of methoxy groups -OCH3 is 2. The van der Waals surface area contributed by atoms with Gasteiger partial charge in [-0.2, -0.15) is 0 Å². The van der Waals surface area contributed by atoms with Crippen LogP contribution in [0.25, 0.3) is 22.3 Å². The summed E-state index contributed by atoms with van der Waals surface area (Å²) in [5.41, 5.74) is 12.4. The summed E-state index contributed by atoms with van der Waals surface area (Å²) in [4.78, 5) is 47.9. The molecule has 0 atom stereocenters. The molecule has 1 aliphatic rings. The number of fused-ring (bicyclic) bond motifs is 2. The number of ether oxygens (including phenoxy) is 2. The van der Waals surface area contributed by atoms with Gasteiger partial charge in [-0.1, -0.05) is 18.2 Å². The van der Waals surface area contributed by atoms with Gasteiger partial charge in [-0.25, -0.2) is 9.97 Å². The van der Waals surface area contributed by atoms with Crippen LogP contribution in [0, 0.1) is 0 Å². The Morgan fingerprint density at radius 3 is 2.11 bits per heavy atom. The number of anilines is 3. The van der Waals surface area contributed by atoms with E-state index in [1.165, 1.54) is 4.90 Å². The van der Waals surface area contributed by atoms with E-state index in [2.05, 4.69) is 14.9 Å². The number of hydrogen-bond acceptors (Lipinski definition) is 10. The van der Waals surface area contributed by atoms with E-state index in [1.54, 1.807) is 63.0 Å². The van der Waals surface area contributed by atoms with Gasteiger partial charge in [-0.3, -0.25) is 24.5 Å². The summed E-state index contributed by atoms with van der Waals surface area (Å²) in [5.74, 6) is 1.02. The summed E-state index contributed by atoms with van der Waals surface area (Å²) < 4.78 is 11.2. The normalized spacial score (nSPS) is 12.3. The van der Waals surface area contributed by atoms with Crippen LogP contribution in [0.5, 0.6) is 11.5 Å². The molecule has 0 bridgehead atoms. The van der Waals surface area contributed by atoms with Crippen LogP contribution in [-0.2, 0) is 13.1 Å². The lowest BCUT2D eigenvalue weighted by atomic mass is 10.1. The van der Waals surface area contributed by atoms with Gasteiger partial charge in [0.1, 0.15) is 17.3 Å². The molecular weight excluding hydrogens is 594 g/mol. The van der Waals surface area contributed by atoms with Crippen molar-refractivity contribution in [1.29, 1.82) is 0 Å². The molecule has 3 aromatic carbocycles. The first-order chi connectivity index (χ1) is 22.9. The highest BCUT2D eigenvalue weighted by atomic mass is 16.5. The van der Waals surface area contributed by atoms with Crippen LogP contribution in [0.3, 0.4) is 0 Å². The minimum absolute atomic E-state index is 0.0570. The fourth-order valence-corrected chi connectivity index (χ4v) is 5.56. The zero-order chi connectivity index (χ0) is 32.5. The summed E-state index contributed by atoms with van der Waals surface area (Å²) in [6.45, 7) is 0.397. The van der Waals surface area contributed by atoms with Crippen molar-refractivity contribution in [3.05, 3.63) is 126 Å². The highest BCUT2D eigenvalue weighted by Crippen LogP contribution is 2.35. The Hall–Kier alpha value is -6.36. The molecule has 2 N–H and O–H groups in total. The van der Waals surface area contributed by atoms with Crippen molar-refractivity contribution in [2.45, 2.75) is 13.1 Å². The number of benzene rings is 3. The molecule has 3 aromatic heterocycles. The number of amides is 2. The van der Waals surface area contributed by atoms with E-state index in [0.29, 0.717) is 57.6 Å². The molecule has 1 aliphatic heterocycles. The van der Waals surface area contributed by atoms with Crippen LogP contribution in [0.4, 0.5) is 17.2 Å². The van der Waals surface area contributed by atoms with E-state index in [9.17, 15) is 9.59 Å². The number of nitrogens with zero attached hydrogens (tertiary/aromatic N) is 6. The summed E-state index contributed by atoms with van der Waals surface area (Å²) >= 11 is 0. The van der Waals surface area contributed by atoms with E-state index < -0.39 is 0 Å². The Morgan fingerprint density at radius 2 is 1.43 bits per heavy atom. The van der Waals surface area contributed by atoms with Gasteiger partial charge in [0.05, 0.1) is 72.7 Å². The molecule has 11 heteroatoms. The minimum atomic E-state index is -0.325. The van der Waals surface area contributed by atoms with Crippen molar-refractivity contribution in [2.24, 2.45) is 0 Å². The molecule has 2 amide bonds. The topological polar surface area (TPSA) is 137 Å². The quantitative estimate of drug-likeness (QED) is 0.196. The SMILES string of the molecule is COc1cc(OC)cc(N(Cc2cccc(CN3C(=O)c4ccccc4C3=O)n2)c2ccc3ncc(-c4ccc(N)nc4)nc3c2)c1. The Morgan fingerprint density at radius 1 is 0.702 bits per heavy atom. The number of pyridine rings is 2. The van der Waals surface area contributed by atoms with Gasteiger partial charge in [0.2, 0.25) is 0 Å². The molecule has 47 heavy (non-hydrogen) atoms. The number of carbonyl (C=O) groups excluding carboxylic acids is 2. The highest BCUT2D eigenvalue weighted by molar-refractivity contribution is 6.21. The van der Waals surface area contributed by atoms with Crippen molar-refractivity contribution in [2.75, 3.05) is 24.9 Å². The fourth-order valence-electron chi connectivity index (χ4n) is 5.56. The molecule has 6 aromatic rings. The molecule has 0 radical (unpaired) electrons. The van der Waals surface area contributed by atoms with Crippen molar-refractivity contribution >= 4 is 40.0 Å². The first kappa shape index (κ1) is 29.4. The molecule has 7 rings (SSSR count). The second-order valence-corrected chi connectivity index (χ2v) is 10.9. The van der Waals surface area contributed by atoms with Crippen molar-refractivity contribution in [1.82, 2.24) is 24.8 Å². The van der Waals surface area contributed by atoms with Crippen molar-refractivity contribution < 1.29 is 19.1 Å². The van der Waals surface area contributed by atoms with E-state index in [1.807, 2.05) is 54.6 Å². The van der Waals surface area contributed by atoms with Gasteiger partial charge in [0.25, 0.3) is 11.8 Å². The van der Waals surface area contributed by atoms with Gasteiger partial charge in [-0.15, -0.1) is 0 Å². The zero-order valence-electron chi connectivity index (χ0n) is 25.6. The summed E-state index contributed by atoms with van der Waals surface area (Å²) in [6, 6.07) is 27.5. The summed E-state index contributed by atoms with van der Waals surface area (Å²) in [6.07, 6.45) is 3.38. The molecule has 232 valence electrons. The van der Waals surface area contributed by atoms with Crippen LogP contribution in [0.15, 0.2) is 103 Å².